The number of esters is 1. The zero-order valence-electron chi connectivity index (χ0n) is 14.4. The molecular weight excluding hydrogens is 354 g/mol. The van der Waals surface area contributed by atoms with E-state index in [1.807, 2.05) is 0 Å². The fourth-order valence-electron chi connectivity index (χ4n) is 4.40. The summed E-state index contributed by atoms with van der Waals surface area (Å²) < 4.78 is 33.2. The number of rotatable bonds is 2. The summed E-state index contributed by atoms with van der Waals surface area (Å²) >= 11 is 0. The van der Waals surface area contributed by atoms with E-state index in [0.29, 0.717) is 31.4 Å². The third-order valence-corrected chi connectivity index (χ3v) is 5.95. The molecule has 0 radical (unpaired) electrons. The van der Waals surface area contributed by atoms with E-state index in [1.165, 1.54) is 18.3 Å². The molecule has 1 saturated heterocycles. The van der Waals surface area contributed by atoms with Crippen LogP contribution in [-0.2, 0) is 20.5 Å². The van der Waals surface area contributed by atoms with E-state index >= 15 is 0 Å². The number of ether oxygens (including phenoxy) is 1. The normalized spacial score (nSPS) is 24.8. The second-order valence-corrected chi connectivity index (χ2v) is 7.49. The number of carbonyl (C=O) groups excluding carboxylic acids is 2. The fourth-order valence-corrected chi connectivity index (χ4v) is 4.40. The first kappa shape index (κ1) is 16.4. The van der Waals surface area contributed by atoms with Crippen molar-refractivity contribution in [1.82, 2.24) is 9.88 Å². The molecule has 0 bridgehead atoms. The van der Waals surface area contributed by atoms with E-state index in [2.05, 4.69) is 4.98 Å². The van der Waals surface area contributed by atoms with Gasteiger partial charge in [-0.15, -0.1) is 0 Å². The molecule has 5 rings (SSSR count). The van der Waals surface area contributed by atoms with E-state index in [9.17, 15) is 18.4 Å². The highest BCUT2D eigenvalue weighted by atomic mass is 19.1. The van der Waals surface area contributed by atoms with Crippen LogP contribution in [0.4, 0.5) is 8.78 Å². The molecule has 1 amide bonds. The lowest BCUT2D eigenvalue weighted by atomic mass is 9.92. The molecule has 3 aliphatic rings. The smallest absolute Gasteiger partial charge is 0.341 e. The van der Waals surface area contributed by atoms with Gasteiger partial charge in [0, 0.05) is 42.6 Å². The monoisotopic (exact) mass is 370 g/mol. The molecule has 0 N–H and O–H groups in total. The first-order valence-electron chi connectivity index (χ1n) is 8.88. The summed E-state index contributed by atoms with van der Waals surface area (Å²) in [4.78, 5) is 31.0. The number of benzene rings is 1. The van der Waals surface area contributed by atoms with Crippen molar-refractivity contribution in [2.45, 2.75) is 30.3 Å². The van der Waals surface area contributed by atoms with Gasteiger partial charge in [0.15, 0.2) is 5.60 Å². The Labute approximate surface area is 154 Å². The summed E-state index contributed by atoms with van der Waals surface area (Å²) in [6, 6.07) is 5.11. The second kappa shape index (κ2) is 5.34. The van der Waals surface area contributed by atoms with Crippen molar-refractivity contribution in [1.29, 1.82) is 0 Å². The summed E-state index contributed by atoms with van der Waals surface area (Å²) in [6.07, 6.45) is 4.62. The number of likely N-dealkylation sites (tertiary alicyclic amines) is 1. The summed E-state index contributed by atoms with van der Waals surface area (Å²) in [6.45, 7) is 0.650. The van der Waals surface area contributed by atoms with Crippen molar-refractivity contribution in [3.8, 4) is 0 Å². The average Bonchev–Trinajstić information content (AvgIpc) is 3.27. The second-order valence-electron chi connectivity index (χ2n) is 7.49. The molecule has 2 aromatic rings. The molecule has 1 saturated carbocycles. The number of nitrogens with zero attached hydrogens (tertiary/aromatic N) is 2. The Balaban J connectivity index is 1.44. The Morgan fingerprint density at radius 3 is 2.70 bits per heavy atom. The molecule has 138 valence electrons. The highest BCUT2D eigenvalue weighted by molar-refractivity contribution is 5.95. The number of fused-ring (bicyclic) bond motifs is 2. The van der Waals surface area contributed by atoms with Crippen LogP contribution in [0.15, 0.2) is 36.7 Å². The molecule has 2 aliphatic heterocycles. The zero-order valence-corrected chi connectivity index (χ0v) is 14.4. The highest BCUT2D eigenvalue weighted by Gasteiger charge is 2.58. The number of carbonyl (C=O) groups is 2. The molecule has 2 fully saturated rings. The highest BCUT2D eigenvalue weighted by Crippen LogP contribution is 2.52. The molecule has 1 spiro atoms. The van der Waals surface area contributed by atoms with Gasteiger partial charge in [-0.2, -0.15) is 0 Å². The van der Waals surface area contributed by atoms with Crippen LogP contribution in [0.1, 0.15) is 40.7 Å². The Bertz CT molecular complexity index is 989. The van der Waals surface area contributed by atoms with Gasteiger partial charge in [-0.3, -0.25) is 9.78 Å². The zero-order chi connectivity index (χ0) is 18.8. The number of hydrogen-bond donors (Lipinski definition) is 0. The van der Waals surface area contributed by atoms with Crippen LogP contribution < -0.4 is 0 Å². The van der Waals surface area contributed by atoms with Crippen molar-refractivity contribution < 1.29 is 23.1 Å². The maximum atomic E-state index is 14.3. The van der Waals surface area contributed by atoms with Crippen LogP contribution in [0.25, 0.3) is 0 Å². The minimum absolute atomic E-state index is 0.191. The predicted octanol–water partition coefficient (Wildman–Crippen LogP) is 2.69. The molecule has 1 aromatic carbocycles. The fraction of sp³-hybridized carbons (Fsp3) is 0.350. The van der Waals surface area contributed by atoms with E-state index in [0.717, 1.165) is 11.6 Å². The number of hydrogen-bond acceptors (Lipinski definition) is 4. The van der Waals surface area contributed by atoms with E-state index in [-0.39, 0.29) is 18.0 Å². The Hall–Kier alpha value is -2.83. The van der Waals surface area contributed by atoms with Gasteiger partial charge in [0.2, 0.25) is 5.91 Å². The number of halogens is 2. The molecular formula is C20H16F2N2O3. The minimum Gasteiger partial charge on any atom is -0.449 e. The van der Waals surface area contributed by atoms with Gasteiger partial charge in [0.05, 0.1) is 17.5 Å². The summed E-state index contributed by atoms with van der Waals surface area (Å²) in [5, 5.41) is 0. The van der Waals surface area contributed by atoms with E-state index in [1.54, 1.807) is 17.2 Å². The van der Waals surface area contributed by atoms with Crippen molar-refractivity contribution >= 4 is 11.9 Å². The lowest BCUT2D eigenvalue weighted by molar-refractivity contribution is -0.134. The molecule has 3 heterocycles. The van der Waals surface area contributed by atoms with Gasteiger partial charge in [0.25, 0.3) is 0 Å². The molecule has 1 atom stereocenters. The van der Waals surface area contributed by atoms with E-state index < -0.39 is 28.6 Å². The van der Waals surface area contributed by atoms with Crippen molar-refractivity contribution in [2.75, 3.05) is 13.1 Å². The largest absolute Gasteiger partial charge is 0.449 e. The van der Waals surface area contributed by atoms with Crippen LogP contribution >= 0.6 is 0 Å². The van der Waals surface area contributed by atoms with Crippen LogP contribution in [0.5, 0.6) is 0 Å². The van der Waals surface area contributed by atoms with Crippen LogP contribution in [0.3, 0.4) is 0 Å². The predicted molar refractivity (Wildman–Crippen MR) is 89.8 cm³/mol. The summed E-state index contributed by atoms with van der Waals surface area (Å²) in [5.41, 5.74) is -0.383. The average molecular weight is 370 g/mol. The van der Waals surface area contributed by atoms with E-state index in [4.69, 9.17) is 4.74 Å². The Kier molecular flexibility index (Phi) is 3.24. The third kappa shape index (κ3) is 2.23. The lowest BCUT2D eigenvalue weighted by Gasteiger charge is -2.27. The standard InChI is InChI=1S/C20H16F2N2O3/c21-12-1-2-15(16(22)9-12)19(4-5-19)18(26)24-8-6-20(11-24)14-3-7-23-10-13(14)17(25)27-20/h1-3,7,9-10H,4-6,8,11H2. The maximum absolute atomic E-state index is 14.3. The Morgan fingerprint density at radius 2 is 1.96 bits per heavy atom. The SMILES string of the molecule is O=C1OC2(CCN(C(=O)C3(c4ccc(F)cc4F)CC3)C2)c2ccncc21. The molecule has 1 aliphatic carbocycles. The van der Waals surface area contributed by atoms with Gasteiger partial charge >= 0.3 is 5.97 Å². The van der Waals surface area contributed by atoms with Crippen LogP contribution in [0.2, 0.25) is 0 Å². The van der Waals surface area contributed by atoms with Gasteiger partial charge in [-0.25, -0.2) is 13.6 Å². The summed E-state index contributed by atoms with van der Waals surface area (Å²) in [7, 11) is 0. The van der Waals surface area contributed by atoms with Gasteiger partial charge in [0.1, 0.15) is 11.6 Å². The topological polar surface area (TPSA) is 59.5 Å². The first-order chi connectivity index (χ1) is 13.0. The minimum atomic E-state index is -0.938. The third-order valence-electron chi connectivity index (χ3n) is 5.95. The molecule has 1 unspecified atom stereocenters. The lowest BCUT2D eigenvalue weighted by Crippen LogP contribution is -2.40. The summed E-state index contributed by atoms with van der Waals surface area (Å²) in [5.74, 6) is -1.98. The number of aromatic nitrogens is 1. The number of pyridine rings is 1. The molecule has 1 aromatic heterocycles. The van der Waals surface area contributed by atoms with Gasteiger partial charge in [-0.1, -0.05) is 6.07 Å². The number of amides is 1. The van der Waals surface area contributed by atoms with Crippen molar-refractivity contribution in [2.24, 2.45) is 0 Å². The van der Waals surface area contributed by atoms with Crippen molar-refractivity contribution in [3.63, 3.8) is 0 Å². The molecule has 27 heavy (non-hydrogen) atoms. The molecule has 5 nitrogen and oxygen atoms in total. The first-order valence-corrected chi connectivity index (χ1v) is 8.88. The van der Waals surface area contributed by atoms with Crippen molar-refractivity contribution in [3.05, 3.63) is 65.0 Å². The Morgan fingerprint density at radius 1 is 1.15 bits per heavy atom. The molecule has 7 heteroatoms. The quantitative estimate of drug-likeness (QED) is 0.763. The van der Waals surface area contributed by atoms with Gasteiger partial charge < -0.3 is 9.64 Å². The maximum Gasteiger partial charge on any atom is 0.341 e. The van der Waals surface area contributed by atoms with Crippen LogP contribution in [-0.4, -0.2) is 34.8 Å². The van der Waals surface area contributed by atoms with Crippen LogP contribution in [0, 0.1) is 11.6 Å². The van der Waals surface area contributed by atoms with Gasteiger partial charge in [-0.05, 0) is 25.0 Å².